The van der Waals surface area contributed by atoms with E-state index in [0.717, 1.165) is 42.1 Å². The quantitative estimate of drug-likeness (QED) is 0.542. The van der Waals surface area contributed by atoms with Crippen molar-refractivity contribution >= 4 is 16.9 Å². The molecule has 2 aromatic heterocycles. The minimum Gasteiger partial charge on any atom is -0.357 e. The summed E-state index contributed by atoms with van der Waals surface area (Å²) in [6.07, 6.45) is 5.96. The zero-order chi connectivity index (χ0) is 16.6. The van der Waals surface area contributed by atoms with Crippen molar-refractivity contribution in [3.8, 4) is 0 Å². The van der Waals surface area contributed by atoms with Crippen LogP contribution in [0.25, 0.3) is 10.9 Å². The van der Waals surface area contributed by atoms with Crippen LogP contribution in [0.2, 0.25) is 0 Å². The van der Waals surface area contributed by atoms with E-state index >= 15 is 0 Å². The van der Waals surface area contributed by atoms with Crippen LogP contribution in [0, 0.1) is 0 Å². The van der Waals surface area contributed by atoms with Crippen molar-refractivity contribution in [3.05, 3.63) is 66.6 Å². The monoisotopic (exact) mass is 321 g/mol. The average molecular weight is 321 g/mol. The molecule has 0 amide bonds. The highest BCUT2D eigenvalue weighted by Gasteiger charge is 2.02. The van der Waals surface area contributed by atoms with Gasteiger partial charge in [-0.15, -0.1) is 0 Å². The first-order chi connectivity index (χ1) is 11.9. The molecule has 3 rings (SSSR count). The highest BCUT2D eigenvalue weighted by atomic mass is 15.2. The van der Waals surface area contributed by atoms with Gasteiger partial charge >= 0.3 is 0 Å². The molecule has 2 heterocycles. The molecule has 24 heavy (non-hydrogen) atoms. The summed E-state index contributed by atoms with van der Waals surface area (Å²) in [5, 5.41) is 7.81. The smallest absolute Gasteiger partial charge is 0.191 e. The Bertz CT molecular complexity index is 787. The minimum absolute atomic E-state index is 0.604. The molecule has 3 aromatic rings. The van der Waals surface area contributed by atoms with Crippen LogP contribution in [0.4, 0.5) is 0 Å². The van der Waals surface area contributed by atoms with Crippen LogP contribution in [0.5, 0.6) is 0 Å². The van der Waals surface area contributed by atoms with Gasteiger partial charge in [-0.1, -0.05) is 24.3 Å². The minimum atomic E-state index is 0.604. The van der Waals surface area contributed by atoms with Crippen LogP contribution >= 0.6 is 0 Å². The number of pyridine rings is 1. The molecule has 5 nitrogen and oxygen atoms in total. The third kappa shape index (κ3) is 4.13. The lowest BCUT2D eigenvalue weighted by Crippen LogP contribution is -2.38. The third-order valence-electron chi connectivity index (χ3n) is 3.80. The maximum Gasteiger partial charge on any atom is 0.191 e. The fourth-order valence-electron chi connectivity index (χ4n) is 2.62. The molecule has 0 unspecified atom stereocenters. The van der Waals surface area contributed by atoms with Crippen molar-refractivity contribution < 1.29 is 0 Å². The van der Waals surface area contributed by atoms with Gasteiger partial charge in [0.25, 0.3) is 0 Å². The molecule has 1 aromatic carbocycles. The second-order valence-corrected chi connectivity index (χ2v) is 5.54. The van der Waals surface area contributed by atoms with Crippen molar-refractivity contribution in [3.63, 3.8) is 0 Å². The first-order valence-corrected chi connectivity index (χ1v) is 8.32. The van der Waals surface area contributed by atoms with Gasteiger partial charge in [0.1, 0.15) is 0 Å². The van der Waals surface area contributed by atoms with Crippen LogP contribution in [0.3, 0.4) is 0 Å². The molecule has 0 saturated heterocycles. The largest absolute Gasteiger partial charge is 0.357 e. The SMILES string of the molecule is CCNC(=NCc1cccc2cccnc12)NCCn1cccc1. The molecule has 0 atom stereocenters. The van der Waals surface area contributed by atoms with Crippen LogP contribution in [-0.2, 0) is 13.1 Å². The van der Waals surface area contributed by atoms with Crippen molar-refractivity contribution in [2.24, 2.45) is 4.99 Å². The van der Waals surface area contributed by atoms with E-state index in [4.69, 9.17) is 4.99 Å². The standard InChI is InChI=1S/C19H23N5/c1-2-20-19(22-11-14-24-12-3-4-13-24)23-15-17-8-5-7-16-9-6-10-21-18(16)17/h3-10,12-13H,2,11,14-15H2,1H3,(H2,20,22,23). The van der Waals surface area contributed by atoms with Crippen molar-refractivity contribution in [1.82, 2.24) is 20.2 Å². The summed E-state index contributed by atoms with van der Waals surface area (Å²) >= 11 is 0. The second kappa shape index (κ2) is 8.15. The first-order valence-electron chi connectivity index (χ1n) is 8.32. The number of hydrogen-bond donors (Lipinski definition) is 2. The molecule has 5 heteroatoms. The summed E-state index contributed by atoms with van der Waals surface area (Å²) in [5.41, 5.74) is 2.16. The summed E-state index contributed by atoms with van der Waals surface area (Å²) in [4.78, 5) is 9.19. The lowest BCUT2D eigenvalue weighted by Gasteiger charge is -2.12. The van der Waals surface area contributed by atoms with E-state index in [1.807, 2.05) is 24.4 Å². The Morgan fingerprint density at radius 2 is 1.92 bits per heavy atom. The summed E-state index contributed by atoms with van der Waals surface area (Å²) in [6.45, 7) is 5.25. The van der Waals surface area contributed by atoms with Crippen molar-refractivity contribution in [2.45, 2.75) is 20.0 Å². The fourth-order valence-corrected chi connectivity index (χ4v) is 2.62. The lowest BCUT2D eigenvalue weighted by atomic mass is 10.1. The Kier molecular flexibility index (Phi) is 5.45. The van der Waals surface area contributed by atoms with Crippen LogP contribution in [-0.4, -0.2) is 28.6 Å². The molecule has 2 N–H and O–H groups in total. The predicted octanol–water partition coefficient (Wildman–Crippen LogP) is 2.79. The molecule has 0 spiro atoms. The number of fused-ring (bicyclic) bond motifs is 1. The number of benzene rings is 1. The summed E-state index contributed by atoms with van der Waals surface area (Å²) in [6, 6.07) is 14.3. The summed E-state index contributed by atoms with van der Waals surface area (Å²) in [7, 11) is 0. The number of hydrogen-bond acceptors (Lipinski definition) is 2. The van der Waals surface area contributed by atoms with Gasteiger partial charge in [0.2, 0.25) is 0 Å². The Balaban J connectivity index is 1.66. The molecular formula is C19H23N5. The number of nitrogens with zero attached hydrogens (tertiary/aromatic N) is 3. The van der Waals surface area contributed by atoms with E-state index in [0.29, 0.717) is 6.54 Å². The van der Waals surface area contributed by atoms with Gasteiger partial charge in [0, 0.05) is 43.6 Å². The summed E-state index contributed by atoms with van der Waals surface area (Å²) in [5.74, 6) is 0.831. The van der Waals surface area contributed by atoms with Gasteiger partial charge in [0.05, 0.1) is 12.1 Å². The molecule has 124 valence electrons. The molecule has 0 bridgehead atoms. The van der Waals surface area contributed by atoms with Gasteiger partial charge in [-0.3, -0.25) is 4.98 Å². The average Bonchev–Trinajstić information content (AvgIpc) is 3.13. The highest BCUT2D eigenvalue weighted by molar-refractivity contribution is 5.83. The van der Waals surface area contributed by atoms with Crippen molar-refractivity contribution in [1.29, 1.82) is 0 Å². The molecule has 0 aliphatic carbocycles. The van der Waals surface area contributed by atoms with E-state index in [9.17, 15) is 0 Å². The molecule has 0 aliphatic rings. The Morgan fingerprint density at radius 3 is 2.75 bits per heavy atom. The molecule has 0 saturated carbocycles. The van der Waals surface area contributed by atoms with E-state index < -0.39 is 0 Å². The number of aliphatic imine (C=N–C) groups is 1. The zero-order valence-corrected chi connectivity index (χ0v) is 13.9. The van der Waals surface area contributed by atoms with Gasteiger partial charge in [0.15, 0.2) is 5.96 Å². The Morgan fingerprint density at radius 1 is 1.08 bits per heavy atom. The fraction of sp³-hybridized carbons (Fsp3) is 0.263. The van der Waals surface area contributed by atoms with Crippen LogP contribution < -0.4 is 10.6 Å². The Labute approximate surface area is 142 Å². The normalized spacial score (nSPS) is 11.6. The van der Waals surface area contributed by atoms with Crippen LogP contribution in [0.15, 0.2) is 66.0 Å². The van der Waals surface area contributed by atoms with Gasteiger partial charge in [-0.05, 0) is 30.7 Å². The van der Waals surface area contributed by atoms with Gasteiger partial charge in [-0.25, -0.2) is 4.99 Å². The van der Waals surface area contributed by atoms with Gasteiger partial charge in [-0.2, -0.15) is 0 Å². The van der Waals surface area contributed by atoms with E-state index in [2.05, 4.69) is 63.8 Å². The predicted molar refractivity (Wildman–Crippen MR) is 99.0 cm³/mol. The zero-order valence-electron chi connectivity index (χ0n) is 13.9. The molecule has 0 fully saturated rings. The number of guanidine groups is 1. The number of nitrogens with one attached hydrogen (secondary N) is 2. The van der Waals surface area contributed by atoms with E-state index in [1.165, 1.54) is 0 Å². The van der Waals surface area contributed by atoms with Crippen molar-refractivity contribution in [2.75, 3.05) is 13.1 Å². The van der Waals surface area contributed by atoms with Crippen LogP contribution in [0.1, 0.15) is 12.5 Å². The lowest BCUT2D eigenvalue weighted by molar-refractivity contribution is 0.666. The number of rotatable bonds is 6. The highest BCUT2D eigenvalue weighted by Crippen LogP contribution is 2.16. The summed E-state index contributed by atoms with van der Waals surface area (Å²) < 4.78 is 2.14. The topological polar surface area (TPSA) is 54.2 Å². The maximum atomic E-state index is 4.70. The molecular weight excluding hydrogens is 298 g/mol. The number of para-hydroxylation sites is 1. The molecule has 0 aliphatic heterocycles. The molecule has 0 radical (unpaired) electrons. The van der Waals surface area contributed by atoms with Gasteiger partial charge < -0.3 is 15.2 Å². The first kappa shape index (κ1) is 16.1. The van der Waals surface area contributed by atoms with E-state index in [-0.39, 0.29) is 0 Å². The third-order valence-corrected chi connectivity index (χ3v) is 3.80. The Hall–Kier alpha value is -2.82. The maximum absolute atomic E-state index is 4.70. The number of aromatic nitrogens is 2. The second-order valence-electron chi connectivity index (χ2n) is 5.54. The van der Waals surface area contributed by atoms with E-state index in [1.54, 1.807) is 0 Å².